The van der Waals surface area contributed by atoms with Crippen molar-refractivity contribution in [2.75, 3.05) is 0 Å². The van der Waals surface area contributed by atoms with Gasteiger partial charge in [-0.1, -0.05) is 13.8 Å². The van der Waals surface area contributed by atoms with Crippen molar-refractivity contribution in [3.63, 3.8) is 0 Å². The van der Waals surface area contributed by atoms with Gasteiger partial charge in [-0.05, 0) is 37.5 Å². The van der Waals surface area contributed by atoms with E-state index in [0.29, 0.717) is 18.3 Å². The van der Waals surface area contributed by atoms with E-state index in [4.69, 9.17) is 0 Å². The highest BCUT2D eigenvalue weighted by Gasteiger charge is 2.58. The molecule has 3 fully saturated rings. The van der Waals surface area contributed by atoms with Crippen molar-refractivity contribution in [2.24, 2.45) is 17.3 Å². The van der Waals surface area contributed by atoms with Gasteiger partial charge in [0.2, 0.25) is 0 Å². The van der Waals surface area contributed by atoms with E-state index in [9.17, 15) is 19.8 Å². The van der Waals surface area contributed by atoms with Crippen LogP contribution in [-0.4, -0.2) is 45.2 Å². The summed E-state index contributed by atoms with van der Waals surface area (Å²) in [6, 6.07) is -0.681. The third-order valence-corrected chi connectivity index (χ3v) is 5.21. The van der Waals surface area contributed by atoms with E-state index >= 15 is 0 Å². The number of amides is 1. The Morgan fingerprint density at radius 3 is 2.42 bits per heavy atom. The largest absolute Gasteiger partial charge is 0.480 e. The number of rotatable bonds is 4. The van der Waals surface area contributed by atoms with Crippen molar-refractivity contribution < 1.29 is 19.8 Å². The van der Waals surface area contributed by atoms with Gasteiger partial charge in [0, 0.05) is 11.5 Å². The SMILES string of the molecule is CC(C)(C1CC1)C(O)C(=O)N1[C@H](C(=O)O)C[C@@H]2C[C@@H]21. The van der Waals surface area contributed by atoms with E-state index in [0.717, 1.165) is 19.3 Å². The first-order valence-electron chi connectivity index (χ1n) is 7.07. The molecule has 0 aromatic carbocycles. The molecule has 3 aliphatic rings. The van der Waals surface area contributed by atoms with Crippen molar-refractivity contribution in [2.45, 2.75) is 57.7 Å². The van der Waals surface area contributed by atoms with Crippen LogP contribution >= 0.6 is 0 Å². The number of aliphatic carboxylic acids is 1. The molecular weight excluding hydrogens is 246 g/mol. The van der Waals surface area contributed by atoms with Gasteiger partial charge in [0.25, 0.3) is 5.91 Å². The number of carboxylic acids is 1. The van der Waals surface area contributed by atoms with E-state index in [1.165, 1.54) is 4.90 Å². The van der Waals surface area contributed by atoms with E-state index < -0.39 is 23.5 Å². The highest BCUT2D eigenvalue weighted by molar-refractivity contribution is 5.88. The Balaban J connectivity index is 1.77. The lowest BCUT2D eigenvalue weighted by atomic mass is 9.80. The van der Waals surface area contributed by atoms with Crippen LogP contribution in [0.2, 0.25) is 0 Å². The third kappa shape index (κ3) is 1.95. The number of aliphatic hydroxyl groups excluding tert-OH is 1. The smallest absolute Gasteiger partial charge is 0.326 e. The molecule has 1 heterocycles. The van der Waals surface area contributed by atoms with Crippen molar-refractivity contribution in [1.29, 1.82) is 0 Å². The molecule has 1 aliphatic heterocycles. The van der Waals surface area contributed by atoms with Crippen LogP contribution < -0.4 is 0 Å². The number of carbonyl (C=O) groups excluding carboxylic acids is 1. The molecule has 0 radical (unpaired) electrons. The third-order valence-electron chi connectivity index (χ3n) is 5.21. The zero-order valence-corrected chi connectivity index (χ0v) is 11.4. The molecule has 106 valence electrons. The summed E-state index contributed by atoms with van der Waals surface area (Å²) in [4.78, 5) is 25.2. The molecule has 0 aromatic rings. The molecule has 2 saturated carbocycles. The summed E-state index contributed by atoms with van der Waals surface area (Å²) >= 11 is 0. The molecule has 19 heavy (non-hydrogen) atoms. The lowest BCUT2D eigenvalue weighted by Gasteiger charge is -2.34. The number of likely N-dealkylation sites (tertiary alicyclic amines) is 1. The minimum absolute atomic E-state index is 0.0539. The Hall–Kier alpha value is -1.10. The summed E-state index contributed by atoms with van der Waals surface area (Å²) < 4.78 is 0. The predicted molar refractivity (Wildman–Crippen MR) is 67.3 cm³/mol. The Morgan fingerprint density at radius 2 is 1.89 bits per heavy atom. The molecule has 1 amide bonds. The van der Waals surface area contributed by atoms with Gasteiger partial charge in [-0.2, -0.15) is 0 Å². The fourth-order valence-corrected chi connectivity index (χ4v) is 3.50. The number of aliphatic hydroxyl groups is 1. The van der Waals surface area contributed by atoms with Gasteiger partial charge in [-0.3, -0.25) is 4.79 Å². The maximum atomic E-state index is 12.5. The molecule has 0 aromatic heterocycles. The molecule has 5 nitrogen and oxygen atoms in total. The Bertz CT molecular complexity index is 429. The molecule has 0 spiro atoms. The minimum atomic E-state index is -1.08. The van der Waals surface area contributed by atoms with Crippen molar-refractivity contribution >= 4 is 11.9 Å². The molecule has 1 unspecified atom stereocenters. The highest BCUT2D eigenvalue weighted by Crippen LogP contribution is 2.51. The van der Waals surface area contributed by atoms with Gasteiger partial charge in [0.15, 0.2) is 0 Å². The number of hydrogen-bond donors (Lipinski definition) is 2. The van der Waals surface area contributed by atoms with Crippen LogP contribution in [0.3, 0.4) is 0 Å². The van der Waals surface area contributed by atoms with Gasteiger partial charge in [-0.25, -0.2) is 4.79 Å². The molecule has 4 atom stereocenters. The first kappa shape index (κ1) is 12.9. The van der Waals surface area contributed by atoms with Crippen LogP contribution in [0, 0.1) is 17.3 Å². The first-order chi connectivity index (χ1) is 8.84. The summed E-state index contributed by atoms with van der Waals surface area (Å²) in [5.41, 5.74) is -0.451. The second kappa shape index (κ2) is 3.95. The molecule has 1 saturated heterocycles. The highest BCUT2D eigenvalue weighted by atomic mass is 16.4. The van der Waals surface area contributed by atoms with Gasteiger partial charge < -0.3 is 15.1 Å². The first-order valence-corrected chi connectivity index (χ1v) is 7.07. The Labute approximate surface area is 112 Å². The van der Waals surface area contributed by atoms with E-state index in [-0.39, 0.29) is 11.9 Å². The van der Waals surface area contributed by atoms with E-state index in [2.05, 4.69) is 0 Å². The number of carbonyl (C=O) groups is 2. The van der Waals surface area contributed by atoms with Crippen LogP contribution in [0.1, 0.15) is 39.5 Å². The molecule has 2 N–H and O–H groups in total. The normalized spacial score (nSPS) is 34.9. The van der Waals surface area contributed by atoms with Crippen molar-refractivity contribution in [3.05, 3.63) is 0 Å². The van der Waals surface area contributed by atoms with Gasteiger partial charge >= 0.3 is 5.97 Å². The standard InChI is InChI=1S/C14H21NO4/c1-14(2,8-3-4-8)11(16)12(17)15-9-5-7(9)6-10(15)13(18)19/h7-11,16H,3-6H2,1-2H3,(H,18,19)/t7-,9-,10-,11?/m0/s1. The second-order valence-corrected chi connectivity index (χ2v) is 6.90. The average molecular weight is 267 g/mol. The fraction of sp³-hybridized carbons (Fsp3) is 0.857. The summed E-state index contributed by atoms with van der Waals surface area (Å²) in [7, 11) is 0. The van der Waals surface area contributed by atoms with Crippen LogP contribution in [0.15, 0.2) is 0 Å². The number of fused-ring (bicyclic) bond motifs is 1. The van der Waals surface area contributed by atoms with Crippen molar-refractivity contribution in [1.82, 2.24) is 4.90 Å². The Kier molecular flexibility index (Phi) is 2.68. The predicted octanol–water partition coefficient (Wildman–Crippen LogP) is 0.857. The van der Waals surface area contributed by atoms with Crippen LogP contribution in [0.5, 0.6) is 0 Å². The maximum Gasteiger partial charge on any atom is 0.326 e. The van der Waals surface area contributed by atoms with E-state index in [1.807, 2.05) is 13.8 Å². The van der Waals surface area contributed by atoms with Crippen LogP contribution in [0.4, 0.5) is 0 Å². The summed E-state index contributed by atoms with van der Waals surface area (Å²) in [6.45, 7) is 3.81. The lowest BCUT2D eigenvalue weighted by molar-refractivity contribution is -0.157. The van der Waals surface area contributed by atoms with Crippen molar-refractivity contribution in [3.8, 4) is 0 Å². The van der Waals surface area contributed by atoms with Crippen LogP contribution in [-0.2, 0) is 9.59 Å². The molecular formula is C14H21NO4. The molecule has 3 rings (SSSR count). The quantitative estimate of drug-likeness (QED) is 0.792. The minimum Gasteiger partial charge on any atom is -0.480 e. The zero-order valence-electron chi connectivity index (χ0n) is 11.4. The van der Waals surface area contributed by atoms with Gasteiger partial charge in [0.1, 0.15) is 12.1 Å². The van der Waals surface area contributed by atoms with Gasteiger partial charge in [-0.15, -0.1) is 0 Å². The molecule has 5 heteroatoms. The number of nitrogens with zero attached hydrogens (tertiary/aromatic N) is 1. The van der Waals surface area contributed by atoms with Gasteiger partial charge in [0.05, 0.1) is 0 Å². The topological polar surface area (TPSA) is 77.8 Å². The number of carboxylic acid groups (broad SMARTS) is 1. The zero-order chi connectivity index (χ0) is 13.9. The Morgan fingerprint density at radius 1 is 1.26 bits per heavy atom. The number of hydrogen-bond acceptors (Lipinski definition) is 3. The molecule has 2 aliphatic carbocycles. The lowest BCUT2D eigenvalue weighted by Crippen LogP contribution is -2.52. The summed E-state index contributed by atoms with van der Waals surface area (Å²) in [5.74, 6) is -0.611. The molecule has 0 bridgehead atoms. The van der Waals surface area contributed by atoms with E-state index in [1.54, 1.807) is 0 Å². The summed E-state index contributed by atoms with van der Waals surface area (Å²) in [5, 5.41) is 19.6. The average Bonchev–Trinajstić information content (AvgIpc) is 3.24. The number of piperidine rings is 1. The van der Waals surface area contributed by atoms with Crippen LogP contribution in [0.25, 0.3) is 0 Å². The maximum absolute atomic E-state index is 12.5. The fourth-order valence-electron chi connectivity index (χ4n) is 3.50. The summed E-state index contributed by atoms with van der Waals surface area (Å²) in [6.07, 6.45) is 2.45. The second-order valence-electron chi connectivity index (χ2n) is 6.90. The monoisotopic (exact) mass is 267 g/mol.